The van der Waals surface area contributed by atoms with E-state index < -0.39 is 11.4 Å². The molecule has 0 atom stereocenters. The van der Waals surface area contributed by atoms with Gasteiger partial charge in [-0.05, 0) is 35.0 Å². The molecular weight excluding hydrogens is 339 g/mol. The predicted molar refractivity (Wildman–Crippen MR) is 86.7 cm³/mol. The van der Waals surface area contributed by atoms with Crippen molar-refractivity contribution in [1.29, 1.82) is 0 Å². The van der Waals surface area contributed by atoms with E-state index in [2.05, 4.69) is 5.32 Å². The van der Waals surface area contributed by atoms with Crippen molar-refractivity contribution in [3.8, 4) is 0 Å². The number of alkyl halides is 3. The Balaban J connectivity index is 2.02. The number of nitrogens with one attached hydrogen (secondary N) is 1. The number of rotatable bonds is 6. The van der Waals surface area contributed by atoms with Crippen LogP contribution in [-0.2, 0) is 17.9 Å². The van der Waals surface area contributed by atoms with Crippen molar-refractivity contribution in [2.75, 3.05) is 7.11 Å². The fourth-order valence-corrected chi connectivity index (χ4v) is 2.73. The maximum absolute atomic E-state index is 12.6. The van der Waals surface area contributed by atoms with Crippen LogP contribution >= 0.6 is 11.8 Å². The van der Waals surface area contributed by atoms with Crippen LogP contribution in [0.2, 0.25) is 0 Å². The highest BCUT2D eigenvalue weighted by atomic mass is 32.2. The fourth-order valence-electron chi connectivity index (χ4n) is 2.07. The lowest BCUT2D eigenvalue weighted by atomic mass is 10.1. The second-order valence-electron chi connectivity index (χ2n) is 4.98. The standard InChI is InChI=1S/C17H16F3NO2S/c1-23-11-13-8-6-12(7-9-13)10-21-16(22)14-4-2-3-5-15(14)24-17(18,19)20/h2-9H,10-11H2,1H3,(H,21,22). The van der Waals surface area contributed by atoms with E-state index in [-0.39, 0.29) is 28.8 Å². The molecule has 0 aliphatic carbocycles. The third-order valence-electron chi connectivity index (χ3n) is 3.14. The SMILES string of the molecule is COCc1ccc(CNC(=O)c2ccccc2SC(F)(F)F)cc1. The highest BCUT2D eigenvalue weighted by Gasteiger charge is 2.31. The number of ether oxygens (including phenoxy) is 1. The van der Waals surface area contributed by atoms with E-state index in [0.717, 1.165) is 11.1 Å². The first-order valence-corrected chi connectivity index (χ1v) is 7.90. The number of carbonyl (C=O) groups is 1. The molecule has 0 aliphatic heterocycles. The largest absolute Gasteiger partial charge is 0.446 e. The highest BCUT2D eigenvalue weighted by Crippen LogP contribution is 2.38. The van der Waals surface area contributed by atoms with Gasteiger partial charge in [0.2, 0.25) is 0 Å². The number of hydrogen-bond acceptors (Lipinski definition) is 3. The zero-order valence-electron chi connectivity index (χ0n) is 12.9. The molecule has 0 fully saturated rings. The first kappa shape index (κ1) is 18.4. The van der Waals surface area contributed by atoms with Gasteiger partial charge in [0.05, 0.1) is 12.2 Å². The smallest absolute Gasteiger partial charge is 0.380 e. The number of hydrogen-bond donors (Lipinski definition) is 1. The first-order chi connectivity index (χ1) is 11.4. The van der Waals surface area contributed by atoms with Crippen molar-refractivity contribution in [3.63, 3.8) is 0 Å². The van der Waals surface area contributed by atoms with E-state index in [1.807, 2.05) is 24.3 Å². The van der Waals surface area contributed by atoms with Gasteiger partial charge in [-0.1, -0.05) is 36.4 Å². The van der Waals surface area contributed by atoms with E-state index in [4.69, 9.17) is 4.74 Å². The van der Waals surface area contributed by atoms with Gasteiger partial charge < -0.3 is 10.1 Å². The molecule has 0 saturated carbocycles. The van der Waals surface area contributed by atoms with Crippen LogP contribution in [-0.4, -0.2) is 18.5 Å². The summed E-state index contributed by atoms with van der Waals surface area (Å²) in [5.74, 6) is -0.539. The summed E-state index contributed by atoms with van der Waals surface area (Å²) in [6.07, 6.45) is 0. The summed E-state index contributed by atoms with van der Waals surface area (Å²) in [4.78, 5) is 12.1. The topological polar surface area (TPSA) is 38.3 Å². The van der Waals surface area contributed by atoms with Crippen LogP contribution in [0.25, 0.3) is 0 Å². The molecule has 2 aromatic rings. The van der Waals surface area contributed by atoms with E-state index >= 15 is 0 Å². The molecule has 1 amide bonds. The third-order valence-corrected chi connectivity index (χ3v) is 3.95. The molecule has 3 nitrogen and oxygen atoms in total. The number of amides is 1. The average Bonchev–Trinajstić information content (AvgIpc) is 2.53. The van der Waals surface area contributed by atoms with Crippen molar-refractivity contribution < 1.29 is 22.7 Å². The minimum Gasteiger partial charge on any atom is -0.380 e. The van der Waals surface area contributed by atoms with Crippen molar-refractivity contribution >= 4 is 17.7 Å². The lowest BCUT2D eigenvalue weighted by Crippen LogP contribution is -2.23. The number of halogens is 3. The van der Waals surface area contributed by atoms with Gasteiger partial charge in [0.25, 0.3) is 5.91 Å². The normalized spacial score (nSPS) is 11.3. The fraction of sp³-hybridized carbons (Fsp3) is 0.235. The molecule has 24 heavy (non-hydrogen) atoms. The summed E-state index contributed by atoms with van der Waals surface area (Å²) < 4.78 is 42.7. The van der Waals surface area contributed by atoms with Gasteiger partial charge in [-0.2, -0.15) is 13.2 Å². The molecule has 2 rings (SSSR count). The van der Waals surface area contributed by atoms with E-state index in [0.29, 0.717) is 6.61 Å². The molecule has 1 N–H and O–H groups in total. The molecule has 0 saturated heterocycles. The second kappa shape index (κ2) is 8.21. The first-order valence-electron chi connectivity index (χ1n) is 7.09. The van der Waals surface area contributed by atoms with Gasteiger partial charge in [0, 0.05) is 18.6 Å². The Kier molecular flexibility index (Phi) is 6.28. The molecule has 128 valence electrons. The highest BCUT2D eigenvalue weighted by molar-refractivity contribution is 8.00. The lowest BCUT2D eigenvalue weighted by Gasteiger charge is -2.11. The van der Waals surface area contributed by atoms with Crippen LogP contribution in [0.1, 0.15) is 21.5 Å². The molecule has 2 aromatic carbocycles. The summed E-state index contributed by atoms with van der Waals surface area (Å²) in [7, 11) is 1.60. The molecule has 0 heterocycles. The Labute approximate surface area is 142 Å². The monoisotopic (exact) mass is 355 g/mol. The van der Waals surface area contributed by atoms with Gasteiger partial charge in [-0.25, -0.2) is 0 Å². The van der Waals surface area contributed by atoms with Crippen LogP contribution < -0.4 is 5.32 Å². The molecule has 0 radical (unpaired) electrons. The van der Waals surface area contributed by atoms with E-state index in [1.165, 1.54) is 24.3 Å². The lowest BCUT2D eigenvalue weighted by molar-refractivity contribution is -0.0328. The molecule has 7 heteroatoms. The molecule has 0 unspecified atom stereocenters. The van der Waals surface area contributed by atoms with Crippen LogP contribution in [0.3, 0.4) is 0 Å². The van der Waals surface area contributed by atoms with Crippen LogP contribution in [0.5, 0.6) is 0 Å². The predicted octanol–water partition coefficient (Wildman–Crippen LogP) is 4.37. The Bertz CT molecular complexity index is 687. The zero-order valence-corrected chi connectivity index (χ0v) is 13.7. The van der Waals surface area contributed by atoms with Crippen molar-refractivity contribution in [1.82, 2.24) is 5.32 Å². The van der Waals surface area contributed by atoms with Gasteiger partial charge in [0.1, 0.15) is 0 Å². The molecule has 0 bridgehead atoms. The maximum atomic E-state index is 12.6. The Hall–Kier alpha value is -1.99. The summed E-state index contributed by atoms with van der Waals surface area (Å²) in [5, 5.41) is 2.64. The Morgan fingerprint density at radius 2 is 1.71 bits per heavy atom. The summed E-state index contributed by atoms with van der Waals surface area (Å²) in [5.41, 5.74) is -2.58. The van der Waals surface area contributed by atoms with Crippen molar-refractivity contribution in [3.05, 3.63) is 65.2 Å². The molecule has 0 aliphatic rings. The van der Waals surface area contributed by atoms with E-state index in [1.54, 1.807) is 7.11 Å². The van der Waals surface area contributed by atoms with E-state index in [9.17, 15) is 18.0 Å². The summed E-state index contributed by atoms with van der Waals surface area (Å²) in [6, 6.07) is 13.1. The van der Waals surface area contributed by atoms with Crippen molar-refractivity contribution in [2.24, 2.45) is 0 Å². The number of benzene rings is 2. The third kappa shape index (κ3) is 5.58. The van der Waals surface area contributed by atoms with Gasteiger partial charge in [0.15, 0.2) is 0 Å². The van der Waals surface area contributed by atoms with Crippen LogP contribution in [0.15, 0.2) is 53.4 Å². The Morgan fingerprint density at radius 1 is 1.08 bits per heavy atom. The van der Waals surface area contributed by atoms with Gasteiger partial charge >= 0.3 is 5.51 Å². The molecule has 0 spiro atoms. The molecular formula is C17H16F3NO2S. The van der Waals surface area contributed by atoms with Crippen LogP contribution in [0.4, 0.5) is 13.2 Å². The zero-order chi connectivity index (χ0) is 17.6. The quantitative estimate of drug-likeness (QED) is 0.782. The van der Waals surface area contributed by atoms with Gasteiger partial charge in [-0.15, -0.1) is 0 Å². The maximum Gasteiger partial charge on any atom is 0.446 e. The van der Waals surface area contributed by atoms with Gasteiger partial charge in [-0.3, -0.25) is 4.79 Å². The minimum atomic E-state index is -4.44. The summed E-state index contributed by atoms with van der Waals surface area (Å²) in [6.45, 7) is 0.728. The second-order valence-corrected chi connectivity index (χ2v) is 6.08. The van der Waals surface area contributed by atoms with Crippen molar-refractivity contribution in [2.45, 2.75) is 23.6 Å². The van der Waals surface area contributed by atoms with Crippen LogP contribution in [0, 0.1) is 0 Å². The minimum absolute atomic E-state index is 0.0100. The molecule has 0 aromatic heterocycles. The number of thioether (sulfide) groups is 1. The number of carbonyl (C=O) groups excluding carboxylic acids is 1. The number of methoxy groups -OCH3 is 1. The average molecular weight is 355 g/mol. The summed E-state index contributed by atoms with van der Waals surface area (Å²) >= 11 is -0.290. The Morgan fingerprint density at radius 3 is 2.33 bits per heavy atom.